The number of nitrogens with zero attached hydrogens (tertiary/aromatic N) is 3. The van der Waals surface area contributed by atoms with Gasteiger partial charge in [0, 0.05) is 12.7 Å². The molecule has 0 aromatic carbocycles. The summed E-state index contributed by atoms with van der Waals surface area (Å²) in [5.74, 6) is -0.539. The van der Waals surface area contributed by atoms with Gasteiger partial charge in [0.15, 0.2) is 11.5 Å². The van der Waals surface area contributed by atoms with E-state index in [1.807, 2.05) is 11.0 Å². The fourth-order valence-corrected chi connectivity index (χ4v) is 2.85. The summed E-state index contributed by atoms with van der Waals surface area (Å²) >= 11 is 0. The molecule has 3 rings (SSSR count). The second-order valence-electron chi connectivity index (χ2n) is 5.04. The summed E-state index contributed by atoms with van der Waals surface area (Å²) in [5.41, 5.74) is 0.781. The Morgan fingerprint density at radius 1 is 1.40 bits per heavy atom. The summed E-state index contributed by atoms with van der Waals surface area (Å²) < 4.78 is 1.58. The monoisotopic (exact) mass is 275 g/mol. The van der Waals surface area contributed by atoms with Gasteiger partial charge in [-0.15, -0.1) is 0 Å². The summed E-state index contributed by atoms with van der Waals surface area (Å²) in [7, 11) is 0. The number of rotatable bonds is 3. The first-order chi connectivity index (χ1) is 9.72. The highest BCUT2D eigenvalue weighted by molar-refractivity contribution is 5.93. The smallest absolute Gasteiger partial charge is 0.356 e. The first kappa shape index (κ1) is 12.9. The Hall–Kier alpha value is -2.08. The number of aliphatic hydroxyl groups excluding tert-OH is 1. The standard InChI is InChI=1S/C14H17N3O3/c18-9-10-5-1-3-7-16(10)13-12(14(19)20)17-8-4-2-6-11(17)15-13/h2,4,6,8,10,18H,1,3,5,7,9H2,(H,19,20). The van der Waals surface area contributed by atoms with Gasteiger partial charge in [-0.2, -0.15) is 0 Å². The molecule has 0 bridgehead atoms. The molecule has 106 valence electrons. The van der Waals surface area contributed by atoms with Crippen molar-refractivity contribution in [3.63, 3.8) is 0 Å². The number of hydrogen-bond donors (Lipinski definition) is 2. The zero-order valence-electron chi connectivity index (χ0n) is 11.1. The molecule has 0 radical (unpaired) electrons. The van der Waals surface area contributed by atoms with Gasteiger partial charge in [-0.1, -0.05) is 6.07 Å². The number of carboxylic acids is 1. The molecule has 20 heavy (non-hydrogen) atoms. The zero-order chi connectivity index (χ0) is 14.1. The Bertz CT molecular complexity index is 638. The van der Waals surface area contributed by atoms with Gasteiger partial charge in [0.25, 0.3) is 0 Å². The fraction of sp³-hybridized carbons (Fsp3) is 0.429. The minimum Gasteiger partial charge on any atom is -0.476 e. The van der Waals surface area contributed by atoms with Crippen LogP contribution in [0.15, 0.2) is 24.4 Å². The first-order valence-electron chi connectivity index (χ1n) is 6.80. The van der Waals surface area contributed by atoms with E-state index in [2.05, 4.69) is 4.98 Å². The van der Waals surface area contributed by atoms with Crippen molar-refractivity contribution >= 4 is 17.4 Å². The van der Waals surface area contributed by atoms with Crippen LogP contribution in [0.3, 0.4) is 0 Å². The molecule has 0 saturated carbocycles. The molecule has 1 unspecified atom stereocenters. The van der Waals surface area contributed by atoms with E-state index in [0.29, 0.717) is 11.5 Å². The molecule has 0 amide bonds. The van der Waals surface area contributed by atoms with Crippen molar-refractivity contribution in [1.82, 2.24) is 9.38 Å². The molecule has 6 nitrogen and oxygen atoms in total. The predicted octanol–water partition coefficient (Wildman–Crippen LogP) is 1.38. The largest absolute Gasteiger partial charge is 0.476 e. The highest BCUT2D eigenvalue weighted by Gasteiger charge is 2.29. The van der Waals surface area contributed by atoms with Gasteiger partial charge in [-0.3, -0.25) is 4.40 Å². The van der Waals surface area contributed by atoms with Crippen molar-refractivity contribution in [3.05, 3.63) is 30.1 Å². The van der Waals surface area contributed by atoms with E-state index >= 15 is 0 Å². The van der Waals surface area contributed by atoms with Crippen molar-refractivity contribution in [2.24, 2.45) is 0 Å². The van der Waals surface area contributed by atoms with Crippen LogP contribution in [0.5, 0.6) is 0 Å². The number of aromatic nitrogens is 2. The minimum absolute atomic E-state index is 0.0208. The van der Waals surface area contributed by atoms with Gasteiger partial charge in [-0.25, -0.2) is 9.78 Å². The topological polar surface area (TPSA) is 78.1 Å². The van der Waals surface area contributed by atoms with E-state index in [-0.39, 0.29) is 18.3 Å². The molecular weight excluding hydrogens is 258 g/mol. The van der Waals surface area contributed by atoms with Crippen LogP contribution < -0.4 is 4.90 Å². The number of imidazole rings is 1. The van der Waals surface area contributed by atoms with Crippen molar-refractivity contribution in [1.29, 1.82) is 0 Å². The Labute approximate surface area is 116 Å². The molecule has 6 heteroatoms. The number of carboxylic acid groups (broad SMARTS) is 1. The van der Waals surface area contributed by atoms with E-state index < -0.39 is 5.97 Å². The van der Waals surface area contributed by atoms with Gasteiger partial charge in [0.2, 0.25) is 0 Å². The lowest BCUT2D eigenvalue weighted by atomic mass is 10.0. The highest BCUT2D eigenvalue weighted by Crippen LogP contribution is 2.28. The molecule has 2 aromatic rings. The number of piperidine rings is 1. The Morgan fingerprint density at radius 2 is 2.25 bits per heavy atom. The summed E-state index contributed by atoms with van der Waals surface area (Å²) in [5, 5.41) is 19.0. The van der Waals surface area contributed by atoms with Crippen molar-refractivity contribution < 1.29 is 15.0 Å². The average Bonchev–Trinajstić information content (AvgIpc) is 2.86. The van der Waals surface area contributed by atoms with Crippen LogP contribution >= 0.6 is 0 Å². The van der Waals surface area contributed by atoms with Crippen LogP contribution in [0.2, 0.25) is 0 Å². The van der Waals surface area contributed by atoms with E-state index in [4.69, 9.17) is 0 Å². The van der Waals surface area contributed by atoms with Gasteiger partial charge in [-0.05, 0) is 31.4 Å². The number of hydrogen-bond acceptors (Lipinski definition) is 4. The third kappa shape index (κ3) is 2.02. The lowest BCUT2D eigenvalue weighted by Crippen LogP contribution is -2.42. The van der Waals surface area contributed by atoms with E-state index in [1.54, 1.807) is 22.7 Å². The van der Waals surface area contributed by atoms with Crippen LogP contribution in [0.1, 0.15) is 29.8 Å². The third-order valence-electron chi connectivity index (χ3n) is 3.82. The van der Waals surface area contributed by atoms with Crippen LogP contribution in [0, 0.1) is 0 Å². The van der Waals surface area contributed by atoms with E-state index in [0.717, 1.165) is 25.8 Å². The molecule has 1 aliphatic rings. The van der Waals surface area contributed by atoms with Crippen LogP contribution in [-0.4, -0.2) is 44.8 Å². The number of carbonyl (C=O) groups is 1. The molecule has 0 spiro atoms. The summed E-state index contributed by atoms with van der Waals surface area (Å²) in [4.78, 5) is 18.0. The lowest BCUT2D eigenvalue weighted by molar-refractivity contribution is 0.0689. The maximum atomic E-state index is 11.6. The summed E-state index contributed by atoms with van der Waals surface area (Å²) in [6, 6.07) is 5.35. The maximum Gasteiger partial charge on any atom is 0.356 e. The van der Waals surface area contributed by atoms with Crippen molar-refractivity contribution in [2.45, 2.75) is 25.3 Å². The van der Waals surface area contributed by atoms with Crippen LogP contribution in [0.25, 0.3) is 5.65 Å². The summed E-state index contributed by atoms with van der Waals surface area (Å²) in [6.45, 7) is 0.752. The number of pyridine rings is 1. The van der Waals surface area contributed by atoms with Gasteiger partial charge in [0.05, 0.1) is 12.6 Å². The zero-order valence-corrected chi connectivity index (χ0v) is 11.1. The lowest BCUT2D eigenvalue weighted by Gasteiger charge is -2.35. The Kier molecular flexibility index (Phi) is 3.31. The van der Waals surface area contributed by atoms with Crippen molar-refractivity contribution in [3.8, 4) is 0 Å². The van der Waals surface area contributed by atoms with Crippen LogP contribution in [0.4, 0.5) is 5.82 Å². The van der Waals surface area contributed by atoms with E-state index in [9.17, 15) is 15.0 Å². The minimum atomic E-state index is -0.999. The fourth-order valence-electron chi connectivity index (χ4n) is 2.85. The second-order valence-corrected chi connectivity index (χ2v) is 5.04. The van der Waals surface area contributed by atoms with Gasteiger partial charge < -0.3 is 15.1 Å². The van der Waals surface area contributed by atoms with Crippen LogP contribution in [-0.2, 0) is 0 Å². The average molecular weight is 275 g/mol. The summed E-state index contributed by atoms with van der Waals surface area (Å²) in [6.07, 6.45) is 4.61. The molecule has 3 heterocycles. The molecular formula is C14H17N3O3. The third-order valence-corrected chi connectivity index (χ3v) is 3.82. The van der Waals surface area contributed by atoms with Gasteiger partial charge >= 0.3 is 5.97 Å². The molecule has 1 saturated heterocycles. The second kappa shape index (κ2) is 5.13. The normalized spacial score (nSPS) is 19.4. The van der Waals surface area contributed by atoms with Crippen molar-refractivity contribution in [2.75, 3.05) is 18.1 Å². The maximum absolute atomic E-state index is 11.6. The number of aromatic carboxylic acids is 1. The number of aliphatic hydroxyl groups is 1. The highest BCUT2D eigenvalue weighted by atomic mass is 16.4. The molecule has 2 N–H and O–H groups in total. The Morgan fingerprint density at radius 3 is 3.00 bits per heavy atom. The predicted molar refractivity (Wildman–Crippen MR) is 74.2 cm³/mol. The SMILES string of the molecule is O=C(O)c1c(N2CCCCC2CO)nc2ccccn12. The number of anilines is 1. The molecule has 2 aromatic heterocycles. The molecule has 1 atom stereocenters. The Balaban J connectivity index is 2.14. The van der Waals surface area contributed by atoms with Gasteiger partial charge in [0.1, 0.15) is 5.65 Å². The number of fused-ring (bicyclic) bond motifs is 1. The van der Waals surface area contributed by atoms with E-state index in [1.165, 1.54) is 0 Å². The molecule has 0 aliphatic carbocycles. The molecule has 1 aliphatic heterocycles. The molecule has 1 fully saturated rings. The first-order valence-corrected chi connectivity index (χ1v) is 6.80. The quantitative estimate of drug-likeness (QED) is 0.885.